The van der Waals surface area contributed by atoms with Gasteiger partial charge in [-0.15, -0.1) is 0 Å². The van der Waals surface area contributed by atoms with Gasteiger partial charge in [0.25, 0.3) is 0 Å². The summed E-state index contributed by atoms with van der Waals surface area (Å²) in [6.45, 7) is 4.88. The molecular formula is C56H105NO5. The molecule has 0 saturated heterocycles. The minimum Gasteiger partial charge on any atom is -0.466 e. The van der Waals surface area contributed by atoms with Gasteiger partial charge >= 0.3 is 5.97 Å². The van der Waals surface area contributed by atoms with Crippen LogP contribution in [0.5, 0.6) is 0 Å². The quantitative estimate of drug-likeness (QED) is 0.0245. The Bertz CT molecular complexity index is 1010. The van der Waals surface area contributed by atoms with Crippen LogP contribution in [-0.4, -0.2) is 47.4 Å². The van der Waals surface area contributed by atoms with Crippen LogP contribution in [0, 0.1) is 0 Å². The number of carbonyl (C=O) groups excluding carboxylic acids is 2. The van der Waals surface area contributed by atoms with Crippen LogP contribution < -0.4 is 5.32 Å². The van der Waals surface area contributed by atoms with Crippen LogP contribution in [0.25, 0.3) is 0 Å². The maximum absolute atomic E-state index is 12.4. The highest BCUT2D eigenvalue weighted by Gasteiger charge is 2.20. The smallest absolute Gasteiger partial charge is 0.305 e. The molecule has 0 aliphatic carbocycles. The number of aliphatic hydroxyl groups is 2. The Morgan fingerprint density at radius 3 is 1.24 bits per heavy atom. The van der Waals surface area contributed by atoms with Crippen LogP contribution >= 0.6 is 0 Å². The van der Waals surface area contributed by atoms with Crippen LogP contribution in [0.15, 0.2) is 36.5 Å². The highest BCUT2D eigenvalue weighted by atomic mass is 16.5. The van der Waals surface area contributed by atoms with Crippen molar-refractivity contribution in [1.29, 1.82) is 0 Å². The third-order valence-electron chi connectivity index (χ3n) is 12.4. The Labute approximate surface area is 385 Å². The molecule has 0 aliphatic heterocycles. The molecule has 0 radical (unpaired) electrons. The fourth-order valence-corrected chi connectivity index (χ4v) is 8.21. The number of aliphatic hydroxyl groups excluding tert-OH is 2. The highest BCUT2D eigenvalue weighted by molar-refractivity contribution is 5.76. The molecule has 0 aliphatic rings. The normalized spacial score (nSPS) is 12.9. The SMILES string of the molecule is CCCCCCCC/C=C\CCCCCCCCCC(=O)OCCCCC/C=C\C=C/CCCCCCCCCCCCC(=O)NC(CO)C(O)CCCCCCCCCCC. The Hall–Kier alpha value is -1.92. The van der Waals surface area contributed by atoms with Crippen LogP contribution in [-0.2, 0) is 14.3 Å². The summed E-state index contributed by atoms with van der Waals surface area (Å²) in [5.74, 6) is -0.0652. The van der Waals surface area contributed by atoms with Crippen molar-refractivity contribution in [3.05, 3.63) is 36.5 Å². The third-order valence-corrected chi connectivity index (χ3v) is 12.4. The number of esters is 1. The van der Waals surface area contributed by atoms with E-state index in [0.29, 0.717) is 25.9 Å². The molecule has 0 rings (SSSR count). The number of allylic oxidation sites excluding steroid dienone is 6. The van der Waals surface area contributed by atoms with E-state index in [4.69, 9.17) is 4.74 Å². The van der Waals surface area contributed by atoms with E-state index in [1.165, 1.54) is 180 Å². The molecule has 0 fully saturated rings. The molecule has 6 heteroatoms. The minimum absolute atomic E-state index is 0.0172. The van der Waals surface area contributed by atoms with E-state index in [0.717, 1.165) is 70.6 Å². The number of carbonyl (C=O) groups is 2. The van der Waals surface area contributed by atoms with Crippen LogP contribution in [0.2, 0.25) is 0 Å². The number of ether oxygens (including phenoxy) is 1. The maximum Gasteiger partial charge on any atom is 0.305 e. The molecule has 0 saturated carbocycles. The molecule has 0 aromatic rings. The number of unbranched alkanes of at least 4 members (excludes halogenated alkanes) is 34. The first-order valence-electron chi connectivity index (χ1n) is 27.3. The molecule has 0 heterocycles. The van der Waals surface area contributed by atoms with Gasteiger partial charge < -0.3 is 20.3 Å². The molecule has 1 amide bonds. The van der Waals surface area contributed by atoms with Gasteiger partial charge in [0.1, 0.15) is 0 Å². The molecule has 364 valence electrons. The number of hydrogen-bond acceptors (Lipinski definition) is 5. The van der Waals surface area contributed by atoms with Gasteiger partial charge in [-0.05, 0) is 83.5 Å². The summed E-state index contributed by atoms with van der Waals surface area (Å²) in [5.41, 5.74) is 0. The van der Waals surface area contributed by atoms with Crippen LogP contribution in [0.3, 0.4) is 0 Å². The number of nitrogens with one attached hydrogen (secondary N) is 1. The first kappa shape index (κ1) is 60.1. The zero-order chi connectivity index (χ0) is 45.1. The fraction of sp³-hybridized carbons (Fsp3) is 0.857. The summed E-state index contributed by atoms with van der Waals surface area (Å²) in [4.78, 5) is 24.4. The summed E-state index contributed by atoms with van der Waals surface area (Å²) in [7, 11) is 0. The van der Waals surface area contributed by atoms with Gasteiger partial charge in [-0.1, -0.05) is 224 Å². The molecule has 0 aromatic heterocycles. The van der Waals surface area contributed by atoms with E-state index in [1.54, 1.807) is 0 Å². The molecule has 0 spiro atoms. The summed E-state index contributed by atoms with van der Waals surface area (Å²) in [6, 6.07) is -0.547. The predicted molar refractivity (Wildman–Crippen MR) is 269 cm³/mol. The highest BCUT2D eigenvalue weighted by Crippen LogP contribution is 2.16. The second-order valence-corrected chi connectivity index (χ2v) is 18.6. The molecule has 62 heavy (non-hydrogen) atoms. The van der Waals surface area contributed by atoms with Gasteiger partial charge in [-0.25, -0.2) is 0 Å². The van der Waals surface area contributed by atoms with E-state index < -0.39 is 12.1 Å². The van der Waals surface area contributed by atoms with Crippen LogP contribution in [0.4, 0.5) is 0 Å². The predicted octanol–water partition coefficient (Wildman–Crippen LogP) is 16.5. The van der Waals surface area contributed by atoms with Crippen molar-refractivity contribution < 1.29 is 24.5 Å². The average Bonchev–Trinajstić information content (AvgIpc) is 3.27. The molecule has 6 nitrogen and oxygen atoms in total. The summed E-state index contributed by atoms with van der Waals surface area (Å²) >= 11 is 0. The maximum atomic E-state index is 12.4. The topological polar surface area (TPSA) is 95.9 Å². The van der Waals surface area contributed by atoms with Gasteiger partial charge in [0.15, 0.2) is 0 Å². The second kappa shape index (κ2) is 51.7. The third kappa shape index (κ3) is 47.6. The molecule has 2 atom stereocenters. The Balaban J connectivity index is 3.45. The van der Waals surface area contributed by atoms with Gasteiger partial charge in [-0.3, -0.25) is 9.59 Å². The number of rotatable bonds is 50. The lowest BCUT2D eigenvalue weighted by Crippen LogP contribution is -2.45. The van der Waals surface area contributed by atoms with E-state index in [1.807, 2.05) is 0 Å². The Morgan fingerprint density at radius 1 is 0.452 bits per heavy atom. The zero-order valence-corrected chi connectivity index (χ0v) is 41.4. The molecular weight excluding hydrogens is 767 g/mol. The largest absolute Gasteiger partial charge is 0.466 e. The van der Waals surface area contributed by atoms with Crippen molar-refractivity contribution in [3.63, 3.8) is 0 Å². The van der Waals surface area contributed by atoms with E-state index >= 15 is 0 Å². The molecule has 0 aromatic carbocycles. The summed E-state index contributed by atoms with van der Waals surface area (Å²) in [6.07, 6.45) is 62.8. The number of hydrogen-bond donors (Lipinski definition) is 3. The Morgan fingerprint density at radius 2 is 0.806 bits per heavy atom. The first-order valence-corrected chi connectivity index (χ1v) is 27.3. The van der Waals surface area contributed by atoms with Crippen molar-refractivity contribution in [2.75, 3.05) is 13.2 Å². The van der Waals surface area contributed by atoms with E-state index in [2.05, 4.69) is 55.6 Å². The van der Waals surface area contributed by atoms with E-state index in [-0.39, 0.29) is 18.5 Å². The lowest BCUT2D eigenvalue weighted by atomic mass is 10.0. The Kier molecular flexibility index (Phi) is 50.1. The van der Waals surface area contributed by atoms with Crippen LogP contribution in [0.1, 0.15) is 284 Å². The van der Waals surface area contributed by atoms with E-state index in [9.17, 15) is 19.8 Å². The van der Waals surface area contributed by atoms with Gasteiger partial charge in [0.2, 0.25) is 5.91 Å². The molecule has 2 unspecified atom stereocenters. The summed E-state index contributed by atoms with van der Waals surface area (Å²) < 4.78 is 5.45. The number of amides is 1. The van der Waals surface area contributed by atoms with Gasteiger partial charge in [0, 0.05) is 12.8 Å². The molecule has 3 N–H and O–H groups in total. The van der Waals surface area contributed by atoms with Crippen molar-refractivity contribution in [2.24, 2.45) is 0 Å². The van der Waals surface area contributed by atoms with Crippen molar-refractivity contribution in [2.45, 2.75) is 296 Å². The first-order chi connectivity index (χ1) is 30.5. The zero-order valence-electron chi connectivity index (χ0n) is 41.4. The van der Waals surface area contributed by atoms with Crippen molar-refractivity contribution >= 4 is 11.9 Å². The minimum atomic E-state index is -0.669. The fourth-order valence-electron chi connectivity index (χ4n) is 8.21. The lowest BCUT2D eigenvalue weighted by Gasteiger charge is -2.22. The lowest BCUT2D eigenvalue weighted by molar-refractivity contribution is -0.143. The standard InChI is InChI=1S/C56H105NO5/c1-3-5-7-9-11-13-14-15-16-20-24-27-30-34-38-42-46-50-56(61)62-51-47-43-39-35-31-28-25-22-19-17-18-21-23-26-29-33-37-41-45-49-55(60)57-53(52-58)54(59)48-44-40-36-32-12-10-8-6-4-2/h15-16,22,25,28,31,53-54,58-59H,3-14,17-21,23-24,26-27,29-30,32-52H2,1-2H3,(H,57,60)/b16-15-,25-22-,31-28-. The second-order valence-electron chi connectivity index (χ2n) is 18.6. The van der Waals surface area contributed by atoms with Crippen molar-refractivity contribution in [3.8, 4) is 0 Å². The van der Waals surface area contributed by atoms with Crippen molar-refractivity contribution in [1.82, 2.24) is 5.32 Å². The van der Waals surface area contributed by atoms with Gasteiger partial charge in [0.05, 0.1) is 25.4 Å². The monoisotopic (exact) mass is 872 g/mol. The average molecular weight is 872 g/mol. The molecule has 0 bridgehead atoms. The van der Waals surface area contributed by atoms with Gasteiger partial charge in [-0.2, -0.15) is 0 Å². The summed E-state index contributed by atoms with van der Waals surface area (Å²) in [5, 5.41) is 23.1.